The average molecular weight is 387 g/mol. The molecule has 3 aromatic rings. The number of phenols is 1. The molecule has 0 spiro atoms. The third kappa shape index (κ3) is 2.39. The predicted octanol–water partition coefficient (Wildman–Crippen LogP) is 0.963. The zero-order chi connectivity index (χ0) is 16.8. The van der Waals surface area contributed by atoms with E-state index in [9.17, 15) is 15.0 Å². The molecule has 0 unspecified atom stereocenters. The Kier molecular flexibility index (Phi) is 3.58. The number of fused-ring (bicyclic) bond motifs is 3. The largest absolute Gasteiger partial charge is 0.544 e. The highest BCUT2D eigenvalue weighted by molar-refractivity contribution is 9.10. The number of phenolic OH excluding ortho intramolecular Hbond substituents is 1. The van der Waals surface area contributed by atoms with E-state index in [4.69, 9.17) is 0 Å². The van der Waals surface area contributed by atoms with Gasteiger partial charge in [0.15, 0.2) is 6.04 Å². The highest BCUT2D eigenvalue weighted by atomic mass is 79.9. The normalized spacial score (nSPS) is 20.0. The average Bonchev–Trinajstić information content (AvgIpc) is 2.95. The number of rotatable bonds is 2. The molecule has 6 heteroatoms. The highest BCUT2D eigenvalue weighted by Crippen LogP contribution is 2.35. The molecule has 0 bridgehead atoms. The van der Waals surface area contributed by atoms with Gasteiger partial charge in [0.25, 0.3) is 0 Å². The summed E-state index contributed by atoms with van der Waals surface area (Å²) in [5, 5.41) is 24.6. The summed E-state index contributed by atoms with van der Waals surface area (Å²) in [5.41, 5.74) is 3.55. The van der Waals surface area contributed by atoms with Crippen LogP contribution in [0, 0.1) is 0 Å². The van der Waals surface area contributed by atoms with E-state index in [1.54, 1.807) is 17.4 Å². The summed E-state index contributed by atoms with van der Waals surface area (Å²) < 4.78 is 0.830. The number of aromatic hydroxyl groups is 1. The Morgan fingerprint density at radius 2 is 2.08 bits per heavy atom. The number of nitrogens with one attached hydrogen (secondary N) is 1. The molecule has 0 saturated heterocycles. The highest BCUT2D eigenvalue weighted by Gasteiger charge is 2.36. The third-order valence-corrected chi connectivity index (χ3v) is 5.13. The summed E-state index contributed by atoms with van der Waals surface area (Å²) in [4.78, 5) is 14.9. The number of benzene rings is 2. The van der Waals surface area contributed by atoms with Gasteiger partial charge in [-0.1, -0.05) is 34.1 Å². The number of carboxylic acid groups (broad SMARTS) is 1. The van der Waals surface area contributed by atoms with Gasteiger partial charge >= 0.3 is 0 Å². The Balaban J connectivity index is 1.94. The van der Waals surface area contributed by atoms with Gasteiger partial charge in [-0.05, 0) is 29.8 Å². The summed E-state index contributed by atoms with van der Waals surface area (Å²) in [7, 11) is 0. The van der Waals surface area contributed by atoms with E-state index in [1.807, 2.05) is 30.3 Å². The fourth-order valence-electron chi connectivity index (χ4n) is 3.52. The minimum atomic E-state index is -1.09. The van der Waals surface area contributed by atoms with Crippen LogP contribution in [0.4, 0.5) is 0 Å². The first-order valence-corrected chi connectivity index (χ1v) is 8.47. The van der Waals surface area contributed by atoms with Crippen molar-refractivity contribution < 1.29 is 20.3 Å². The summed E-state index contributed by atoms with van der Waals surface area (Å²) in [6.45, 7) is 0. The monoisotopic (exact) mass is 386 g/mol. The molecule has 1 aliphatic rings. The molecule has 0 fully saturated rings. The minimum absolute atomic E-state index is 0.142. The minimum Gasteiger partial charge on any atom is -0.544 e. The quantitative estimate of drug-likeness (QED) is 0.612. The van der Waals surface area contributed by atoms with Crippen LogP contribution in [0.5, 0.6) is 5.75 Å². The number of halogens is 1. The molecule has 5 nitrogen and oxygen atoms in total. The zero-order valence-electron chi connectivity index (χ0n) is 12.6. The predicted molar refractivity (Wildman–Crippen MR) is 90.4 cm³/mol. The Labute approximate surface area is 146 Å². The van der Waals surface area contributed by atoms with Crippen LogP contribution >= 0.6 is 15.9 Å². The Morgan fingerprint density at radius 3 is 2.88 bits per heavy atom. The van der Waals surface area contributed by atoms with Crippen molar-refractivity contribution in [1.82, 2.24) is 4.98 Å². The molecule has 0 amide bonds. The molecule has 122 valence electrons. The van der Waals surface area contributed by atoms with Crippen molar-refractivity contribution in [3.05, 3.63) is 63.8 Å². The molecule has 2 atom stereocenters. The molecule has 0 radical (unpaired) electrons. The third-order valence-electron chi connectivity index (χ3n) is 4.63. The van der Waals surface area contributed by atoms with Crippen LogP contribution in [0.3, 0.4) is 0 Å². The van der Waals surface area contributed by atoms with Gasteiger partial charge in [-0.2, -0.15) is 0 Å². The second-order valence-electron chi connectivity index (χ2n) is 6.07. The van der Waals surface area contributed by atoms with Gasteiger partial charge in [0.2, 0.25) is 0 Å². The lowest BCUT2D eigenvalue weighted by molar-refractivity contribution is -0.717. The molecule has 24 heavy (non-hydrogen) atoms. The van der Waals surface area contributed by atoms with Gasteiger partial charge in [-0.15, -0.1) is 0 Å². The molecule has 2 aromatic carbocycles. The van der Waals surface area contributed by atoms with E-state index in [0.717, 1.165) is 26.6 Å². The number of quaternary nitrogens is 1. The van der Waals surface area contributed by atoms with Crippen LogP contribution in [0.25, 0.3) is 10.9 Å². The van der Waals surface area contributed by atoms with Gasteiger partial charge < -0.3 is 25.3 Å². The Morgan fingerprint density at radius 1 is 1.29 bits per heavy atom. The van der Waals surface area contributed by atoms with E-state index in [1.165, 1.54) is 0 Å². The van der Waals surface area contributed by atoms with Crippen molar-refractivity contribution in [1.29, 1.82) is 0 Å². The first-order chi connectivity index (χ1) is 11.5. The summed E-state index contributed by atoms with van der Waals surface area (Å²) in [6, 6.07) is 12.0. The lowest BCUT2D eigenvalue weighted by Crippen LogP contribution is -2.95. The fraction of sp³-hybridized carbons (Fsp3) is 0.167. The first kappa shape index (κ1) is 15.2. The van der Waals surface area contributed by atoms with Crippen molar-refractivity contribution in [2.24, 2.45) is 0 Å². The van der Waals surface area contributed by atoms with Gasteiger partial charge in [0.1, 0.15) is 11.8 Å². The Hall–Kier alpha value is -2.31. The molecule has 2 heterocycles. The van der Waals surface area contributed by atoms with E-state index < -0.39 is 12.0 Å². The van der Waals surface area contributed by atoms with Crippen molar-refractivity contribution in [3.8, 4) is 5.75 Å². The van der Waals surface area contributed by atoms with Crippen molar-refractivity contribution >= 4 is 32.8 Å². The van der Waals surface area contributed by atoms with Gasteiger partial charge in [0, 0.05) is 21.8 Å². The zero-order valence-corrected chi connectivity index (χ0v) is 14.2. The molecule has 0 aliphatic carbocycles. The number of hydrogen-bond donors (Lipinski definition) is 3. The van der Waals surface area contributed by atoms with Crippen LogP contribution in [0.15, 0.2) is 46.9 Å². The second kappa shape index (κ2) is 5.65. The summed E-state index contributed by atoms with van der Waals surface area (Å²) in [5.74, 6) is -0.950. The topological polar surface area (TPSA) is 92.8 Å². The van der Waals surface area contributed by atoms with Crippen LogP contribution in [-0.4, -0.2) is 22.1 Å². The van der Waals surface area contributed by atoms with Crippen LogP contribution in [0.1, 0.15) is 22.9 Å². The molecule has 4 N–H and O–H groups in total. The number of hydrogen-bond acceptors (Lipinski definition) is 3. The fourth-order valence-corrected chi connectivity index (χ4v) is 3.90. The lowest BCUT2D eigenvalue weighted by Gasteiger charge is -2.29. The van der Waals surface area contributed by atoms with Crippen LogP contribution in [0.2, 0.25) is 0 Å². The molecule has 1 aromatic heterocycles. The van der Waals surface area contributed by atoms with Crippen LogP contribution < -0.4 is 10.4 Å². The first-order valence-electron chi connectivity index (χ1n) is 7.68. The summed E-state index contributed by atoms with van der Waals surface area (Å²) >= 11 is 3.42. The molecule has 1 aliphatic heterocycles. The van der Waals surface area contributed by atoms with Crippen LogP contribution in [-0.2, 0) is 11.2 Å². The van der Waals surface area contributed by atoms with E-state index in [2.05, 4.69) is 20.9 Å². The maximum absolute atomic E-state index is 11.5. The maximum atomic E-state index is 11.5. The number of nitrogens with two attached hydrogens (primary N) is 1. The van der Waals surface area contributed by atoms with Gasteiger partial charge in [0.05, 0.1) is 17.2 Å². The van der Waals surface area contributed by atoms with E-state index >= 15 is 0 Å². The van der Waals surface area contributed by atoms with Gasteiger partial charge in [-0.25, -0.2) is 0 Å². The maximum Gasteiger partial charge on any atom is 0.157 e. The standard InChI is InChI=1S/C18H15BrN2O3/c19-9-5-6-15(22)12(7-9)17-16-11(8-14(21-17)18(23)24)10-3-1-2-4-13(10)20-16/h1-7,14,17,20-22H,8H2,(H,23,24)/t14-,17+/m0/s1. The molecule has 0 saturated carbocycles. The number of carbonyl (C=O) groups excluding carboxylic acids is 1. The molecular weight excluding hydrogens is 372 g/mol. The number of aliphatic carboxylic acids is 1. The lowest BCUT2D eigenvalue weighted by atomic mass is 9.90. The number of H-pyrrole nitrogens is 1. The summed E-state index contributed by atoms with van der Waals surface area (Å²) in [6.07, 6.45) is 0.396. The number of carbonyl (C=O) groups is 1. The van der Waals surface area contributed by atoms with Crippen molar-refractivity contribution in [2.45, 2.75) is 18.5 Å². The number of aromatic amines is 1. The molecule has 4 rings (SSSR count). The second-order valence-corrected chi connectivity index (χ2v) is 6.98. The molecular formula is C18H15BrN2O3. The number of para-hydroxylation sites is 1. The number of aromatic nitrogens is 1. The van der Waals surface area contributed by atoms with Crippen molar-refractivity contribution in [3.63, 3.8) is 0 Å². The smallest absolute Gasteiger partial charge is 0.157 e. The SMILES string of the molecule is O=C([O-])[C@@H]1Cc2c([nH]c3ccccc23)[C@@H](c2cc(Br)ccc2O)[NH2+]1. The number of carboxylic acids is 1. The van der Waals surface area contributed by atoms with E-state index in [-0.39, 0.29) is 11.8 Å². The van der Waals surface area contributed by atoms with E-state index in [0.29, 0.717) is 12.0 Å². The Bertz CT molecular complexity index is 951. The van der Waals surface area contributed by atoms with Crippen molar-refractivity contribution in [2.75, 3.05) is 0 Å². The van der Waals surface area contributed by atoms with Gasteiger partial charge in [-0.3, -0.25) is 0 Å².